The molecule has 2 aromatic carbocycles. The van der Waals surface area contributed by atoms with Crippen LogP contribution in [0.1, 0.15) is 18.6 Å². The minimum absolute atomic E-state index is 0. The van der Waals surface area contributed by atoms with E-state index in [4.69, 9.17) is 15.6 Å². The lowest BCUT2D eigenvalue weighted by molar-refractivity contribution is -0.138. The molecule has 3 rings (SSSR count). The maximum Gasteiger partial charge on any atom is 0.415 e. The number of halogens is 2. The van der Waals surface area contributed by atoms with E-state index in [0.29, 0.717) is 12.8 Å². The zero-order valence-electron chi connectivity index (χ0n) is 15.7. The van der Waals surface area contributed by atoms with E-state index < -0.39 is 34.8 Å². The molecule has 1 heterocycles. The van der Waals surface area contributed by atoms with Gasteiger partial charge in [-0.05, 0) is 40.7 Å². The van der Waals surface area contributed by atoms with Crippen LogP contribution in [0, 0.1) is 0 Å². The number of carbonyl (C=O) groups is 4. The van der Waals surface area contributed by atoms with Gasteiger partial charge in [-0.15, -0.1) is 0 Å². The van der Waals surface area contributed by atoms with Crippen molar-refractivity contribution in [2.24, 2.45) is 5.73 Å². The number of carboxylic acids is 1. The minimum atomic E-state index is -0.959. The first kappa shape index (κ1) is 28.1. The van der Waals surface area contributed by atoms with E-state index in [-0.39, 0.29) is 7.43 Å². The Labute approximate surface area is 190 Å². The van der Waals surface area contributed by atoms with Gasteiger partial charge in [0.2, 0.25) is 0 Å². The Balaban J connectivity index is 0.000000488. The number of cyclic esters (lactones) is 2. The molecular formula is C21H24Cl2N2O6. The third-order valence-electron chi connectivity index (χ3n) is 3.67. The Morgan fingerprint density at radius 2 is 1.45 bits per heavy atom. The molecule has 0 radical (unpaired) electrons. The van der Waals surface area contributed by atoms with Crippen molar-refractivity contribution < 1.29 is 29.0 Å². The summed E-state index contributed by atoms with van der Waals surface area (Å²) in [4.78, 5) is 41.1. The van der Waals surface area contributed by atoms with E-state index in [2.05, 4.69) is 33.3 Å². The standard InChI is InChI=1S/C10H9NO3.C9H11NO2.CCl2O.CH4/c12-9-8(11-10(13)14-9)6-7-4-2-1-3-5-7;10-8(9(11)12)6-7-4-2-1-3-5-7;2-1(3)4;/h1-5,8H,6H2,(H,11,13);1-5,8H,6,10H2,(H,11,12);;1H4/t2*8-;;/m00../s1. The molecule has 1 saturated heterocycles. The highest BCUT2D eigenvalue weighted by molar-refractivity contribution is 6.93. The SMILES string of the molecule is C.N[C@@H](Cc1ccccc1)C(=O)O.O=C(Cl)Cl.O=C1N[C@@H](Cc2ccccc2)C(=O)O1. The number of nitrogens with two attached hydrogens (primary N) is 1. The predicted octanol–water partition coefficient (Wildman–Crippen LogP) is 3.73. The molecule has 1 aliphatic rings. The maximum atomic E-state index is 11.1. The van der Waals surface area contributed by atoms with Crippen LogP contribution in [0.25, 0.3) is 0 Å². The zero-order chi connectivity index (χ0) is 22.5. The average Bonchev–Trinajstić information content (AvgIpc) is 3.00. The first-order valence-electron chi connectivity index (χ1n) is 8.62. The molecule has 1 amide bonds. The fraction of sp³-hybridized carbons (Fsp3) is 0.238. The molecular weight excluding hydrogens is 447 g/mol. The van der Waals surface area contributed by atoms with Gasteiger partial charge in [0.05, 0.1) is 0 Å². The topological polar surface area (TPSA) is 136 Å². The Morgan fingerprint density at radius 1 is 1.00 bits per heavy atom. The maximum absolute atomic E-state index is 11.1. The number of rotatable bonds is 5. The number of hydrogen-bond acceptors (Lipinski definition) is 6. The quantitative estimate of drug-likeness (QED) is 0.344. The number of alkyl carbamates (subject to hydrolysis) is 1. The molecule has 0 saturated carbocycles. The highest BCUT2D eigenvalue weighted by atomic mass is 35.5. The van der Waals surface area contributed by atoms with E-state index in [9.17, 15) is 14.4 Å². The second-order valence-corrected chi connectivity index (χ2v) is 6.84. The van der Waals surface area contributed by atoms with Crippen molar-refractivity contribution in [1.82, 2.24) is 5.32 Å². The van der Waals surface area contributed by atoms with Crippen molar-refractivity contribution in [1.29, 1.82) is 0 Å². The molecule has 10 heteroatoms. The summed E-state index contributed by atoms with van der Waals surface area (Å²) in [6.45, 7) is 0. The van der Waals surface area contributed by atoms with Gasteiger partial charge in [-0.1, -0.05) is 68.1 Å². The number of carbonyl (C=O) groups excluding carboxylic acids is 3. The number of benzene rings is 2. The monoisotopic (exact) mass is 470 g/mol. The third kappa shape index (κ3) is 12.4. The first-order valence-corrected chi connectivity index (χ1v) is 9.38. The number of amides is 1. The summed E-state index contributed by atoms with van der Waals surface area (Å²) >= 11 is 8.80. The molecule has 31 heavy (non-hydrogen) atoms. The van der Waals surface area contributed by atoms with Crippen molar-refractivity contribution in [2.45, 2.75) is 32.4 Å². The number of carboxylic acid groups (broad SMARTS) is 1. The van der Waals surface area contributed by atoms with Gasteiger partial charge in [0.15, 0.2) is 0 Å². The van der Waals surface area contributed by atoms with Crippen LogP contribution >= 0.6 is 23.2 Å². The van der Waals surface area contributed by atoms with Crippen LogP contribution in [-0.2, 0) is 27.2 Å². The molecule has 0 aliphatic carbocycles. The van der Waals surface area contributed by atoms with Crippen molar-refractivity contribution in [3.05, 3.63) is 71.8 Å². The zero-order valence-corrected chi connectivity index (χ0v) is 17.2. The molecule has 168 valence electrons. The molecule has 4 N–H and O–H groups in total. The molecule has 0 aromatic heterocycles. The molecule has 1 aliphatic heterocycles. The van der Waals surface area contributed by atoms with Gasteiger partial charge < -0.3 is 20.9 Å². The number of ether oxygens (including phenoxy) is 1. The number of esters is 1. The van der Waals surface area contributed by atoms with Gasteiger partial charge in [0, 0.05) is 6.42 Å². The molecule has 1 fully saturated rings. The van der Waals surface area contributed by atoms with Crippen molar-refractivity contribution in [3.63, 3.8) is 0 Å². The second kappa shape index (κ2) is 15.0. The highest BCUT2D eigenvalue weighted by Gasteiger charge is 2.32. The van der Waals surface area contributed by atoms with Gasteiger partial charge in [-0.2, -0.15) is 0 Å². The normalized spacial score (nSPS) is 14.9. The van der Waals surface area contributed by atoms with Gasteiger partial charge in [-0.25, -0.2) is 9.59 Å². The predicted molar refractivity (Wildman–Crippen MR) is 118 cm³/mol. The summed E-state index contributed by atoms with van der Waals surface area (Å²) in [5, 5.41) is 11.0. The number of aliphatic carboxylic acids is 1. The molecule has 0 unspecified atom stereocenters. The van der Waals surface area contributed by atoms with Crippen molar-refractivity contribution in [2.75, 3.05) is 0 Å². The Hall–Kier alpha value is -2.94. The van der Waals surface area contributed by atoms with E-state index >= 15 is 0 Å². The minimum Gasteiger partial charge on any atom is -0.480 e. The highest BCUT2D eigenvalue weighted by Crippen LogP contribution is 2.08. The van der Waals surface area contributed by atoms with E-state index in [1.807, 2.05) is 60.7 Å². The molecule has 0 bridgehead atoms. The Kier molecular flexibility index (Phi) is 13.5. The van der Waals surface area contributed by atoms with Crippen LogP contribution in [0.15, 0.2) is 60.7 Å². The summed E-state index contributed by atoms with van der Waals surface area (Å²) in [7, 11) is 0. The summed E-state index contributed by atoms with van der Waals surface area (Å²) in [5.41, 5.74) is 7.30. The van der Waals surface area contributed by atoms with E-state index in [1.165, 1.54) is 0 Å². The largest absolute Gasteiger partial charge is 0.480 e. The van der Waals surface area contributed by atoms with Crippen LogP contribution < -0.4 is 11.1 Å². The first-order chi connectivity index (χ1) is 14.2. The van der Waals surface area contributed by atoms with Crippen LogP contribution in [0.4, 0.5) is 9.59 Å². The number of nitrogens with one attached hydrogen (secondary N) is 1. The summed E-state index contributed by atoms with van der Waals surface area (Å²) in [6, 6.07) is 17.5. The van der Waals surface area contributed by atoms with Crippen LogP contribution in [-0.4, -0.2) is 39.9 Å². The molecule has 8 nitrogen and oxygen atoms in total. The molecule has 2 aromatic rings. The van der Waals surface area contributed by atoms with Crippen LogP contribution in [0.3, 0.4) is 0 Å². The summed E-state index contributed by atoms with van der Waals surface area (Å²) in [5.74, 6) is -1.46. The van der Waals surface area contributed by atoms with Crippen molar-refractivity contribution in [3.8, 4) is 0 Å². The second-order valence-electron chi connectivity index (χ2n) is 5.96. The average molecular weight is 471 g/mol. The third-order valence-corrected chi connectivity index (χ3v) is 3.67. The molecule has 2 atom stereocenters. The van der Waals surface area contributed by atoms with Gasteiger partial charge in [-0.3, -0.25) is 9.59 Å². The Bertz CT molecular complexity index is 845. The fourth-order valence-electron chi connectivity index (χ4n) is 2.33. The van der Waals surface area contributed by atoms with Crippen LogP contribution in [0.2, 0.25) is 0 Å². The number of hydrogen-bond donors (Lipinski definition) is 3. The van der Waals surface area contributed by atoms with Gasteiger partial charge in [0.25, 0.3) is 0 Å². The fourth-order valence-corrected chi connectivity index (χ4v) is 2.33. The van der Waals surface area contributed by atoms with Crippen molar-refractivity contribution >= 4 is 45.9 Å². The van der Waals surface area contributed by atoms with Crippen LogP contribution in [0.5, 0.6) is 0 Å². The summed E-state index contributed by atoms with van der Waals surface area (Å²) < 4.78 is 3.47. The summed E-state index contributed by atoms with van der Waals surface area (Å²) in [6.07, 6.45) is 0.206. The lowest BCUT2D eigenvalue weighted by Crippen LogP contribution is -2.32. The van der Waals surface area contributed by atoms with Gasteiger partial charge in [0.1, 0.15) is 12.1 Å². The van der Waals surface area contributed by atoms with E-state index in [1.54, 1.807) is 0 Å². The lowest BCUT2D eigenvalue weighted by atomic mass is 10.1. The Morgan fingerprint density at radius 3 is 1.84 bits per heavy atom. The molecule has 0 spiro atoms. The smallest absolute Gasteiger partial charge is 0.415 e. The lowest BCUT2D eigenvalue weighted by Gasteiger charge is -2.04. The van der Waals surface area contributed by atoms with E-state index in [0.717, 1.165) is 11.1 Å². The van der Waals surface area contributed by atoms with Gasteiger partial charge >= 0.3 is 22.7 Å².